The van der Waals surface area contributed by atoms with E-state index in [-0.39, 0.29) is 0 Å². The molecular weight excluding hydrogens is 250 g/mol. The summed E-state index contributed by atoms with van der Waals surface area (Å²) in [6, 6.07) is 2.29. The SMILES string of the molecule is N#Cc1c2c(c(CCl)c3c1OCCC3)OCCC2. The summed E-state index contributed by atoms with van der Waals surface area (Å²) in [7, 11) is 0. The van der Waals surface area contributed by atoms with Gasteiger partial charge in [-0.1, -0.05) is 0 Å². The number of nitriles is 1. The summed E-state index contributed by atoms with van der Waals surface area (Å²) >= 11 is 6.08. The van der Waals surface area contributed by atoms with Crippen LogP contribution in [0.2, 0.25) is 0 Å². The molecule has 4 heteroatoms. The third kappa shape index (κ3) is 1.64. The summed E-state index contributed by atoms with van der Waals surface area (Å²) < 4.78 is 11.5. The molecule has 3 nitrogen and oxygen atoms in total. The van der Waals surface area contributed by atoms with Crippen LogP contribution in [-0.4, -0.2) is 13.2 Å². The molecule has 3 rings (SSSR count). The molecule has 0 amide bonds. The molecule has 0 aromatic heterocycles. The number of ether oxygens (including phenoxy) is 2. The van der Waals surface area contributed by atoms with Crippen LogP contribution in [0.15, 0.2) is 0 Å². The average molecular weight is 264 g/mol. The second kappa shape index (κ2) is 4.70. The maximum atomic E-state index is 9.39. The minimum Gasteiger partial charge on any atom is -0.493 e. The number of halogens is 1. The van der Waals surface area contributed by atoms with Gasteiger partial charge < -0.3 is 9.47 Å². The predicted molar refractivity (Wildman–Crippen MR) is 68.3 cm³/mol. The molecule has 18 heavy (non-hydrogen) atoms. The van der Waals surface area contributed by atoms with Gasteiger partial charge in [-0.3, -0.25) is 0 Å². The van der Waals surface area contributed by atoms with Gasteiger partial charge in [0.05, 0.1) is 19.1 Å². The van der Waals surface area contributed by atoms with Crippen LogP contribution in [0.4, 0.5) is 0 Å². The van der Waals surface area contributed by atoms with E-state index >= 15 is 0 Å². The van der Waals surface area contributed by atoms with E-state index in [4.69, 9.17) is 21.1 Å². The van der Waals surface area contributed by atoms with E-state index in [0.29, 0.717) is 24.7 Å². The first-order valence-corrected chi connectivity index (χ1v) is 6.82. The van der Waals surface area contributed by atoms with E-state index in [1.807, 2.05) is 0 Å². The Morgan fingerprint density at radius 3 is 2.39 bits per heavy atom. The first-order valence-electron chi connectivity index (χ1n) is 6.29. The average Bonchev–Trinajstić information content (AvgIpc) is 2.44. The Morgan fingerprint density at radius 1 is 1.06 bits per heavy atom. The van der Waals surface area contributed by atoms with Crippen molar-refractivity contribution in [2.75, 3.05) is 13.2 Å². The second-order valence-electron chi connectivity index (χ2n) is 4.62. The van der Waals surface area contributed by atoms with Gasteiger partial charge in [0.2, 0.25) is 0 Å². The lowest BCUT2D eigenvalue weighted by Crippen LogP contribution is -2.18. The van der Waals surface area contributed by atoms with Crippen molar-refractivity contribution in [1.82, 2.24) is 0 Å². The Labute approximate surface area is 111 Å². The lowest BCUT2D eigenvalue weighted by Gasteiger charge is -2.28. The molecular formula is C14H14ClNO2. The molecule has 0 radical (unpaired) electrons. The van der Waals surface area contributed by atoms with Gasteiger partial charge in [-0.15, -0.1) is 11.6 Å². The number of hydrogen-bond acceptors (Lipinski definition) is 3. The highest BCUT2D eigenvalue weighted by Crippen LogP contribution is 2.43. The van der Waals surface area contributed by atoms with E-state index in [0.717, 1.165) is 53.9 Å². The van der Waals surface area contributed by atoms with Crippen LogP contribution in [0, 0.1) is 11.3 Å². The number of alkyl halides is 1. The predicted octanol–water partition coefficient (Wildman–Crippen LogP) is 2.95. The number of hydrogen-bond donors (Lipinski definition) is 0. The summed E-state index contributed by atoms with van der Waals surface area (Å²) in [5.41, 5.74) is 3.75. The van der Waals surface area contributed by atoms with Crippen LogP contribution in [0.25, 0.3) is 0 Å². The number of rotatable bonds is 1. The van der Waals surface area contributed by atoms with Gasteiger partial charge in [0, 0.05) is 16.7 Å². The van der Waals surface area contributed by atoms with Crippen molar-refractivity contribution in [3.63, 3.8) is 0 Å². The summed E-state index contributed by atoms with van der Waals surface area (Å²) in [6.07, 6.45) is 3.71. The van der Waals surface area contributed by atoms with Gasteiger partial charge in [-0.25, -0.2) is 0 Å². The van der Waals surface area contributed by atoms with Crippen molar-refractivity contribution >= 4 is 11.6 Å². The summed E-state index contributed by atoms with van der Waals surface area (Å²) in [5.74, 6) is 2.01. The van der Waals surface area contributed by atoms with E-state index < -0.39 is 0 Å². The second-order valence-corrected chi connectivity index (χ2v) is 4.89. The fourth-order valence-electron chi connectivity index (χ4n) is 2.80. The van der Waals surface area contributed by atoms with Crippen LogP contribution < -0.4 is 9.47 Å². The molecule has 0 saturated heterocycles. The zero-order valence-electron chi connectivity index (χ0n) is 10.1. The van der Waals surface area contributed by atoms with Gasteiger partial charge in [-0.2, -0.15) is 5.26 Å². The fourth-order valence-corrected chi connectivity index (χ4v) is 3.08. The first kappa shape index (κ1) is 11.7. The van der Waals surface area contributed by atoms with Gasteiger partial charge >= 0.3 is 0 Å². The van der Waals surface area contributed by atoms with Crippen molar-refractivity contribution < 1.29 is 9.47 Å². The number of fused-ring (bicyclic) bond motifs is 2. The molecule has 0 bridgehead atoms. The van der Waals surface area contributed by atoms with Crippen LogP contribution in [0.5, 0.6) is 11.5 Å². The smallest absolute Gasteiger partial charge is 0.141 e. The Hall–Kier alpha value is -1.40. The van der Waals surface area contributed by atoms with E-state index in [1.165, 1.54) is 0 Å². The van der Waals surface area contributed by atoms with Crippen LogP contribution in [0.3, 0.4) is 0 Å². The highest BCUT2D eigenvalue weighted by molar-refractivity contribution is 6.17. The third-order valence-electron chi connectivity index (χ3n) is 3.60. The Balaban J connectivity index is 2.30. The third-order valence-corrected chi connectivity index (χ3v) is 3.86. The minimum atomic E-state index is 0.416. The summed E-state index contributed by atoms with van der Waals surface area (Å²) in [4.78, 5) is 0. The molecule has 1 aromatic carbocycles. The lowest BCUT2D eigenvalue weighted by molar-refractivity contribution is 0.269. The molecule has 0 fully saturated rings. The molecule has 0 saturated carbocycles. The van der Waals surface area contributed by atoms with Crippen molar-refractivity contribution in [2.24, 2.45) is 0 Å². The molecule has 0 unspecified atom stereocenters. The molecule has 0 spiro atoms. The van der Waals surface area contributed by atoms with Crippen LogP contribution in [0.1, 0.15) is 35.1 Å². The zero-order valence-corrected chi connectivity index (χ0v) is 10.8. The van der Waals surface area contributed by atoms with Crippen molar-refractivity contribution in [1.29, 1.82) is 5.26 Å². The van der Waals surface area contributed by atoms with E-state index in [2.05, 4.69) is 6.07 Å². The monoisotopic (exact) mass is 263 g/mol. The Morgan fingerprint density at radius 2 is 1.72 bits per heavy atom. The normalized spacial score (nSPS) is 16.9. The van der Waals surface area contributed by atoms with E-state index in [9.17, 15) is 5.26 Å². The zero-order chi connectivity index (χ0) is 12.5. The fraction of sp³-hybridized carbons (Fsp3) is 0.500. The van der Waals surface area contributed by atoms with Gasteiger partial charge in [-0.05, 0) is 25.7 Å². The van der Waals surface area contributed by atoms with Crippen molar-refractivity contribution in [3.8, 4) is 17.6 Å². The topological polar surface area (TPSA) is 42.2 Å². The van der Waals surface area contributed by atoms with Gasteiger partial charge in [0.1, 0.15) is 23.1 Å². The molecule has 2 aliphatic heterocycles. The quantitative estimate of drug-likeness (QED) is 0.732. The summed E-state index contributed by atoms with van der Waals surface area (Å²) in [5, 5.41) is 9.39. The molecule has 1 aromatic rings. The van der Waals surface area contributed by atoms with Gasteiger partial charge in [0.15, 0.2) is 0 Å². The minimum absolute atomic E-state index is 0.416. The highest BCUT2D eigenvalue weighted by atomic mass is 35.5. The lowest BCUT2D eigenvalue weighted by atomic mass is 9.89. The van der Waals surface area contributed by atoms with Crippen LogP contribution in [-0.2, 0) is 18.7 Å². The first-order chi connectivity index (χ1) is 8.86. The maximum absolute atomic E-state index is 9.39. The summed E-state index contributed by atoms with van der Waals surface area (Å²) in [6.45, 7) is 1.39. The standard InChI is InChI=1S/C14H14ClNO2/c15-7-11-9-3-1-6-18-14(9)12(8-16)10-4-2-5-17-13(10)11/h1-7H2. The maximum Gasteiger partial charge on any atom is 0.141 e. The molecule has 0 aliphatic carbocycles. The molecule has 94 valence electrons. The molecule has 0 N–H and O–H groups in total. The molecule has 0 atom stereocenters. The highest BCUT2D eigenvalue weighted by Gasteiger charge is 2.28. The Kier molecular flexibility index (Phi) is 3.05. The van der Waals surface area contributed by atoms with Crippen molar-refractivity contribution in [3.05, 3.63) is 22.3 Å². The number of nitrogens with zero attached hydrogens (tertiary/aromatic N) is 1. The number of benzene rings is 1. The largest absolute Gasteiger partial charge is 0.493 e. The Bertz CT molecular complexity index is 497. The molecule has 2 aliphatic rings. The molecule has 2 heterocycles. The van der Waals surface area contributed by atoms with E-state index in [1.54, 1.807) is 0 Å². The van der Waals surface area contributed by atoms with Crippen LogP contribution >= 0.6 is 11.6 Å². The van der Waals surface area contributed by atoms with Gasteiger partial charge in [0.25, 0.3) is 0 Å². The van der Waals surface area contributed by atoms with Crippen molar-refractivity contribution in [2.45, 2.75) is 31.6 Å².